The molecule has 1 heteroatoms. The molecular weight excluding hydrogens is 388 g/mol. The normalized spacial score (nSPS) is 11.4. The van der Waals surface area contributed by atoms with E-state index in [1.54, 1.807) is 0 Å². The highest BCUT2D eigenvalue weighted by molar-refractivity contribution is 6.05. The smallest absolute Gasteiger partial charge is 0.136 e. The minimum atomic E-state index is 0.925. The lowest BCUT2D eigenvalue weighted by atomic mass is 9.84. The maximum Gasteiger partial charge on any atom is 0.136 e. The van der Waals surface area contributed by atoms with Crippen molar-refractivity contribution >= 4 is 21.9 Å². The van der Waals surface area contributed by atoms with Crippen LogP contribution in [0.5, 0.6) is 0 Å². The maximum absolute atomic E-state index is 6.09. The van der Waals surface area contributed by atoms with Gasteiger partial charge in [-0.2, -0.15) is 0 Å². The van der Waals surface area contributed by atoms with Crippen LogP contribution in [0.2, 0.25) is 0 Å². The Morgan fingerprint density at radius 3 is 1.62 bits per heavy atom. The largest absolute Gasteiger partial charge is 0.456 e. The molecule has 0 aliphatic rings. The Morgan fingerprint density at radius 1 is 0.406 bits per heavy atom. The molecule has 32 heavy (non-hydrogen) atoms. The zero-order valence-electron chi connectivity index (χ0n) is 17.5. The van der Waals surface area contributed by atoms with Crippen molar-refractivity contribution in [3.8, 4) is 11.1 Å². The molecule has 0 unspecified atom stereocenters. The van der Waals surface area contributed by atoms with E-state index < -0.39 is 0 Å². The third kappa shape index (κ3) is 3.29. The van der Waals surface area contributed by atoms with Crippen molar-refractivity contribution in [1.29, 1.82) is 0 Å². The lowest BCUT2D eigenvalue weighted by Gasteiger charge is -2.18. The Kier molecular flexibility index (Phi) is 4.58. The molecule has 0 aliphatic carbocycles. The van der Waals surface area contributed by atoms with Crippen molar-refractivity contribution in [2.45, 2.75) is 0 Å². The average molecular weight is 410 g/mol. The standard InChI is InChI=1S/C31H21O/c1-3-9-23(10-4-1)31(24-11-5-2-6-12-24)25-17-15-22(16-18-25)26-19-20-28-27-13-7-8-14-29(27)32-30(28)21-26/h1-21H. The average Bonchev–Trinajstić information content (AvgIpc) is 3.24. The molecule has 0 saturated heterocycles. The zero-order chi connectivity index (χ0) is 21.3. The number of para-hydroxylation sites is 1. The number of hydrogen-bond donors (Lipinski definition) is 0. The van der Waals surface area contributed by atoms with Crippen LogP contribution in [0.4, 0.5) is 0 Å². The summed E-state index contributed by atoms with van der Waals surface area (Å²) in [5.74, 6) is 1.24. The molecule has 1 aromatic heterocycles. The van der Waals surface area contributed by atoms with E-state index >= 15 is 0 Å². The number of benzene rings is 5. The Balaban J connectivity index is 1.40. The summed E-state index contributed by atoms with van der Waals surface area (Å²) in [6.45, 7) is 0. The Morgan fingerprint density at radius 2 is 0.938 bits per heavy atom. The minimum Gasteiger partial charge on any atom is -0.456 e. The van der Waals surface area contributed by atoms with Crippen molar-refractivity contribution in [1.82, 2.24) is 0 Å². The van der Waals surface area contributed by atoms with Gasteiger partial charge in [-0.05, 0) is 46.0 Å². The third-order valence-corrected chi connectivity index (χ3v) is 6.01. The quantitative estimate of drug-likeness (QED) is 0.267. The van der Waals surface area contributed by atoms with Crippen LogP contribution < -0.4 is 0 Å². The molecular formula is C31H21O. The molecule has 6 aromatic rings. The van der Waals surface area contributed by atoms with Gasteiger partial charge in [0, 0.05) is 10.8 Å². The van der Waals surface area contributed by atoms with Gasteiger partial charge in [-0.15, -0.1) is 0 Å². The molecule has 0 spiro atoms. The monoisotopic (exact) mass is 409 g/mol. The van der Waals surface area contributed by atoms with Crippen LogP contribution in [0.15, 0.2) is 132 Å². The summed E-state index contributed by atoms with van der Waals surface area (Å²) in [7, 11) is 0. The molecule has 1 heterocycles. The Labute approximate surface area is 187 Å². The fraction of sp³-hybridized carbons (Fsp3) is 0. The summed E-state index contributed by atoms with van der Waals surface area (Å²) in [4.78, 5) is 0. The second-order valence-corrected chi connectivity index (χ2v) is 7.99. The summed E-state index contributed by atoms with van der Waals surface area (Å²) in [6, 6.07) is 44.7. The van der Waals surface area contributed by atoms with Gasteiger partial charge < -0.3 is 4.42 Å². The summed E-state index contributed by atoms with van der Waals surface area (Å²) >= 11 is 0. The van der Waals surface area contributed by atoms with Gasteiger partial charge in [0.1, 0.15) is 11.2 Å². The van der Waals surface area contributed by atoms with E-state index in [0.717, 1.165) is 27.5 Å². The first kappa shape index (κ1) is 18.7. The lowest BCUT2D eigenvalue weighted by Crippen LogP contribution is -2.04. The van der Waals surface area contributed by atoms with Crippen molar-refractivity contribution < 1.29 is 4.42 Å². The molecule has 151 valence electrons. The Hall–Kier alpha value is -4.10. The van der Waals surface area contributed by atoms with Gasteiger partial charge >= 0.3 is 0 Å². The van der Waals surface area contributed by atoms with E-state index in [1.807, 2.05) is 12.1 Å². The highest BCUT2D eigenvalue weighted by atomic mass is 16.3. The highest BCUT2D eigenvalue weighted by Crippen LogP contribution is 2.34. The molecule has 1 nitrogen and oxygen atoms in total. The van der Waals surface area contributed by atoms with Gasteiger partial charge in [0.05, 0.1) is 5.92 Å². The number of fused-ring (bicyclic) bond motifs is 3. The molecule has 5 aromatic carbocycles. The van der Waals surface area contributed by atoms with Crippen LogP contribution in [-0.2, 0) is 0 Å². The van der Waals surface area contributed by atoms with E-state index in [1.165, 1.54) is 28.2 Å². The highest BCUT2D eigenvalue weighted by Gasteiger charge is 2.17. The van der Waals surface area contributed by atoms with Gasteiger partial charge in [0.2, 0.25) is 0 Å². The van der Waals surface area contributed by atoms with Crippen LogP contribution in [0, 0.1) is 5.92 Å². The molecule has 0 fully saturated rings. The van der Waals surface area contributed by atoms with Crippen molar-refractivity contribution in [3.05, 3.63) is 150 Å². The predicted molar refractivity (Wildman–Crippen MR) is 133 cm³/mol. The second kappa shape index (κ2) is 7.86. The molecule has 1 radical (unpaired) electrons. The molecule has 0 atom stereocenters. The first-order valence-electron chi connectivity index (χ1n) is 10.9. The van der Waals surface area contributed by atoms with Crippen molar-refractivity contribution in [3.63, 3.8) is 0 Å². The fourth-order valence-corrected chi connectivity index (χ4v) is 4.44. The molecule has 0 saturated carbocycles. The number of rotatable bonds is 4. The molecule has 0 aliphatic heterocycles. The van der Waals surface area contributed by atoms with Gasteiger partial charge in [0.15, 0.2) is 0 Å². The van der Waals surface area contributed by atoms with Crippen molar-refractivity contribution in [2.24, 2.45) is 0 Å². The molecule has 0 N–H and O–H groups in total. The van der Waals surface area contributed by atoms with E-state index in [-0.39, 0.29) is 0 Å². The van der Waals surface area contributed by atoms with Gasteiger partial charge in [0.25, 0.3) is 0 Å². The maximum atomic E-state index is 6.09. The van der Waals surface area contributed by atoms with E-state index in [9.17, 15) is 0 Å². The summed E-state index contributed by atoms with van der Waals surface area (Å²) in [6.07, 6.45) is 0. The summed E-state index contributed by atoms with van der Waals surface area (Å²) in [5.41, 5.74) is 7.83. The van der Waals surface area contributed by atoms with Gasteiger partial charge in [-0.1, -0.05) is 109 Å². The molecule has 0 bridgehead atoms. The first-order chi connectivity index (χ1) is 15.9. The topological polar surface area (TPSA) is 13.1 Å². The Bertz CT molecular complexity index is 1450. The summed E-state index contributed by atoms with van der Waals surface area (Å²) < 4.78 is 6.09. The van der Waals surface area contributed by atoms with E-state index in [2.05, 4.69) is 115 Å². The van der Waals surface area contributed by atoms with E-state index in [4.69, 9.17) is 4.42 Å². The van der Waals surface area contributed by atoms with E-state index in [0.29, 0.717) is 0 Å². The minimum absolute atomic E-state index is 0.925. The molecule has 6 rings (SSSR count). The number of hydrogen-bond acceptors (Lipinski definition) is 1. The predicted octanol–water partition coefficient (Wildman–Crippen LogP) is 8.27. The van der Waals surface area contributed by atoms with Gasteiger partial charge in [-0.3, -0.25) is 0 Å². The lowest BCUT2D eigenvalue weighted by molar-refractivity contribution is 0.669. The van der Waals surface area contributed by atoms with Crippen LogP contribution in [0.3, 0.4) is 0 Å². The van der Waals surface area contributed by atoms with Crippen molar-refractivity contribution in [2.75, 3.05) is 0 Å². The summed E-state index contributed by atoms with van der Waals surface area (Å²) in [5, 5.41) is 2.32. The molecule has 0 amide bonds. The van der Waals surface area contributed by atoms with Crippen LogP contribution in [0.1, 0.15) is 16.7 Å². The number of furan rings is 1. The van der Waals surface area contributed by atoms with Crippen LogP contribution in [0.25, 0.3) is 33.1 Å². The first-order valence-corrected chi connectivity index (χ1v) is 10.9. The SMILES string of the molecule is c1ccc([C](c2ccccc2)c2ccc(-c3ccc4c(c3)oc3ccccc34)cc2)cc1. The van der Waals surface area contributed by atoms with Gasteiger partial charge in [-0.25, -0.2) is 0 Å². The fourth-order valence-electron chi connectivity index (χ4n) is 4.44. The second-order valence-electron chi connectivity index (χ2n) is 7.99. The zero-order valence-corrected chi connectivity index (χ0v) is 17.5. The third-order valence-electron chi connectivity index (χ3n) is 6.01. The van der Waals surface area contributed by atoms with Crippen LogP contribution in [-0.4, -0.2) is 0 Å². The van der Waals surface area contributed by atoms with Crippen LogP contribution >= 0.6 is 0 Å².